The number of ketones is 1. The summed E-state index contributed by atoms with van der Waals surface area (Å²) in [5.74, 6) is 0.499. The van der Waals surface area contributed by atoms with Crippen LogP contribution in [-0.2, 0) is 0 Å². The zero-order valence-electron chi connectivity index (χ0n) is 18.9. The second-order valence-corrected chi connectivity index (χ2v) is 8.83. The third-order valence-electron chi connectivity index (χ3n) is 6.41. The Kier molecular flexibility index (Phi) is 4.70. The third-order valence-corrected chi connectivity index (χ3v) is 6.41. The average Bonchev–Trinajstić information content (AvgIpc) is 3.62. The quantitative estimate of drug-likeness (QED) is 0.346. The zero-order valence-corrected chi connectivity index (χ0v) is 18.9. The molecule has 1 aliphatic heterocycles. The van der Waals surface area contributed by atoms with E-state index in [4.69, 9.17) is 5.73 Å². The van der Waals surface area contributed by atoms with Gasteiger partial charge in [-0.2, -0.15) is 5.10 Å². The number of nitrogens with zero attached hydrogens (tertiary/aromatic N) is 4. The first kappa shape index (κ1) is 21.1. The summed E-state index contributed by atoms with van der Waals surface area (Å²) < 4.78 is 15.0. The highest BCUT2D eigenvalue weighted by molar-refractivity contribution is 6.13. The Morgan fingerprint density at radius 3 is 2.77 bits per heavy atom. The number of rotatable bonds is 4. The van der Waals surface area contributed by atoms with Crippen molar-refractivity contribution in [3.63, 3.8) is 0 Å². The van der Waals surface area contributed by atoms with E-state index in [0.29, 0.717) is 40.8 Å². The summed E-state index contributed by atoms with van der Waals surface area (Å²) in [6.07, 6.45) is 0.832. The second kappa shape index (κ2) is 7.79. The number of carbonyl (C=O) groups excluding carboxylic acids is 2. The first-order chi connectivity index (χ1) is 16.9. The van der Waals surface area contributed by atoms with E-state index < -0.39 is 6.17 Å². The van der Waals surface area contributed by atoms with Crippen molar-refractivity contribution in [2.75, 3.05) is 18.8 Å². The van der Waals surface area contributed by atoms with Crippen molar-refractivity contribution in [1.82, 2.24) is 29.6 Å². The van der Waals surface area contributed by atoms with Crippen LogP contribution in [0.3, 0.4) is 0 Å². The molecular weight excluding hydrogens is 449 g/mol. The summed E-state index contributed by atoms with van der Waals surface area (Å²) in [6, 6.07) is 12.4. The molecule has 2 aromatic carbocycles. The Morgan fingerprint density at radius 2 is 1.97 bits per heavy atom. The van der Waals surface area contributed by atoms with Crippen LogP contribution in [0.5, 0.6) is 0 Å². The summed E-state index contributed by atoms with van der Waals surface area (Å²) in [6.45, 7) is 2.40. The Bertz CT molecular complexity index is 1630. The predicted octanol–water partition coefficient (Wildman–Crippen LogP) is 3.54. The van der Waals surface area contributed by atoms with Crippen LogP contribution in [0.4, 0.5) is 10.2 Å². The van der Waals surface area contributed by atoms with E-state index >= 15 is 0 Å². The smallest absolute Gasteiger partial charge is 0.253 e. The van der Waals surface area contributed by atoms with Crippen molar-refractivity contribution in [3.05, 3.63) is 71.3 Å². The fourth-order valence-electron chi connectivity index (χ4n) is 4.61. The van der Waals surface area contributed by atoms with E-state index in [9.17, 15) is 14.0 Å². The highest BCUT2D eigenvalue weighted by atomic mass is 19.1. The van der Waals surface area contributed by atoms with Crippen LogP contribution >= 0.6 is 0 Å². The first-order valence-electron chi connectivity index (χ1n) is 11.3. The number of imidazole rings is 1. The lowest BCUT2D eigenvalue weighted by molar-refractivity contribution is 0.0783. The number of nitrogens with one attached hydrogen (secondary N) is 2. The van der Waals surface area contributed by atoms with Gasteiger partial charge in [-0.1, -0.05) is 0 Å². The van der Waals surface area contributed by atoms with E-state index in [0.717, 1.165) is 16.9 Å². The van der Waals surface area contributed by atoms with Crippen LogP contribution in [0, 0.1) is 6.92 Å². The van der Waals surface area contributed by atoms with Crippen molar-refractivity contribution in [2.24, 2.45) is 0 Å². The lowest BCUT2D eigenvalue weighted by Gasteiger charge is -2.15. The fraction of sp³-hybridized carbons (Fsp3) is 0.200. The number of hydrogen-bond acceptors (Lipinski definition) is 5. The molecule has 1 fully saturated rings. The first-order valence-corrected chi connectivity index (χ1v) is 11.3. The maximum atomic E-state index is 13.5. The monoisotopic (exact) mass is 471 g/mol. The standard InChI is InChI=1S/C25H22FN7O2/c1-13-29-20-5-3-17(10-21(20)30-13)33-24(27)18(11-28-33)23(34)22-9-15-8-14(2-4-19(15)31-22)25(35)32-7-6-16(26)12-32/h2-5,8-11,16,31H,6-7,12,27H2,1H3,(H,29,30)/t16-/m1/s1. The van der Waals surface area contributed by atoms with Crippen molar-refractivity contribution in [2.45, 2.75) is 19.5 Å². The molecule has 0 radical (unpaired) electrons. The van der Waals surface area contributed by atoms with E-state index in [2.05, 4.69) is 20.1 Å². The number of anilines is 1. The molecule has 0 spiro atoms. The number of aromatic amines is 2. The van der Waals surface area contributed by atoms with Gasteiger partial charge in [0.2, 0.25) is 5.78 Å². The minimum Gasteiger partial charge on any atom is -0.383 e. The Balaban J connectivity index is 1.30. The van der Waals surface area contributed by atoms with Crippen LogP contribution in [0.15, 0.2) is 48.7 Å². The van der Waals surface area contributed by atoms with Crippen molar-refractivity contribution >= 4 is 39.4 Å². The number of amides is 1. The Hall–Kier alpha value is -4.47. The molecule has 10 heteroatoms. The van der Waals surface area contributed by atoms with Gasteiger partial charge in [-0.3, -0.25) is 9.59 Å². The third kappa shape index (κ3) is 3.54. The molecule has 0 bridgehead atoms. The Morgan fingerprint density at radius 1 is 1.11 bits per heavy atom. The summed E-state index contributed by atoms with van der Waals surface area (Å²) in [5.41, 5.74) is 10.5. The van der Waals surface area contributed by atoms with Gasteiger partial charge in [0.15, 0.2) is 0 Å². The molecule has 0 aliphatic carbocycles. The number of nitrogens with two attached hydrogens (primary N) is 1. The average molecular weight is 471 g/mol. The van der Waals surface area contributed by atoms with Crippen LogP contribution < -0.4 is 5.73 Å². The predicted molar refractivity (Wildman–Crippen MR) is 130 cm³/mol. The van der Waals surface area contributed by atoms with Crippen LogP contribution in [0.25, 0.3) is 27.6 Å². The van der Waals surface area contributed by atoms with E-state index in [-0.39, 0.29) is 29.6 Å². The van der Waals surface area contributed by atoms with Crippen molar-refractivity contribution in [1.29, 1.82) is 0 Å². The minimum absolute atomic E-state index is 0.115. The SMILES string of the molecule is Cc1nc2ccc(-n3ncc(C(=O)c4cc5cc(C(=O)N6CC[C@@H](F)C6)ccc5[nH]4)c3N)cc2[nH]1. The van der Waals surface area contributed by atoms with Gasteiger partial charge < -0.3 is 20.6 Å². The molecule has 6 rings (SSSR count). The highest BCUT2D eigenvalue weighted by Crippen LogP contribution is 2.25. The summed E-state index contributed by atoms with van der Waals surface area (Å²) in [7, 11) is 0. The van der Waals surface area contributed by atoms with Crippen LogP contribution in [0.1, 0.15) is 38.7 Å². The number of hydrogen-bond donors (Lipinski definition) is 3. The molecule has 3 aromatic heterocycles. The van der Waals surface area contributed by atoms with E-state index in [1.54, 1.807) is 24.3 Å². The van der Waals surface area contributed by atoms with Crippen LogP contribution in [0.2, 0.25) is 0 Å². The number of carbonyl (C=O) groups is 2. The van der Waals surface area contributed by atoms with Crippen LogP contribution in [-0.4, -0.2) is 60.6 Å². The lowest BCUT2D eigenvalue weighted by atomic mass is 10.1. The number of benzene rings is 2. The number of H-pyrrole nitrogens is 2. The van der Waals surface area contributed by atoms with Gasteiger partial charge in [-0.05, 0) is 55.8 Å². The lowest BCUT2D eigenvalue weighted by Crippen LogP contribution is -2.28. The number of aromatic nitrogens is 5. The second-order valence-electron chi connectivity index (χ2n) is 8.83. The van der Waals surface area contributed by atoms with Gasteiger partial charge in [0.05, 0.1) is 40.7 Å². The van der Waals surface area contributed by atoms with Gasteiger partial charge in [0.1, 0.15) is 17.8 Å². The summed E-state index contributed by atoms with van der Waals surface area (Å²) >= 11 is 0. The van der Waals surface area contributed by atoms with E-state index in [1.807, 2.05) is 25.1 Å². The number of nitrogen functional groups attached to an aromatic ring is 1. The molecule has 0 saturated carbocycles. The highest BCUT2D eigenvalue weighted by Gasteiger charge is 2.27. The molecule has 1 aliphatic rings. The summed E-state index contributed by atoms with van der Waals surface area (Å²) in [5, 5.41) is 5.04. The zero-order chi connectivity index (χ0) is 24.3. The van der Waals surface area contributed by atoms with Gasteiger partial charge >= 0.3 is 0 Å². The number of alkyl halides is 1. The molecule has 4 N–H and O–H groups in total. The molecule has 9 nitrogen and oxygen atoms in total. The molecule has 1 amide bonds. The van der Waals surface area contributed by atoms with Gasteiger partial charge in [0, 0.05) is 23.0 Å². The molecule has 1 atom stereocenters. The number of fused-ring (bicyclic) bond motifs is 2. The fourth-order valence-corrected chi connectivity index (χ4v) is 4.61. The molecule has 5 aromatic rings. The van der Waals surface area contributed by atoms with E-state index in [1.165, 1.54) is 15.8 Å². The topological polar surface area (TPSA) is 126 Å². The maximum absolute atomic E-state index is 13.5. The van der Waals surface area contributed by atoms with Crippen molar-refractivity contribution in [3.8, 4) is 5.69 Å². The minimum atomic E-state index is -0.976. The summed E-state index contributed by atoms with van der Waals surface area (Å²) in [4.78, 5) is 38.2. The Labute approximate surface area is 198 Å². The van der Waals surface area contributed by atoms with Gasteiger partial charge in [0.25, 0.3) is 5.91 Å². The van der Waals surface area contributed by atoms with Gasteiger partial charge in [-0.25, -0.2) is 14.1 Å². The molecule has 35 heavy (non-hydrogen) atoms. The number of aryl methyl sites for hydroxylation is 1. The maximum Gasteiger partial charge on any atom is 0.253 e. The molecule has 1 saturated heterocycles. The largest absolute Gasteiger partial charge is 0.383 e. The van der Waals surface area contributed by atoms with Crippen molar-refractivity contribution < 1.29 is 14.0 Å². The molecule has 4 heterocycles. The normalized spacial score (nSPS) is 15.9. The number of halogens is 1. The molecule has 0 unspecified atom stereocenters. The number of likely N-dealkylation sites (tertiary alicyclic amines) is 1. The molecule has 176 valence electrons. The van der Waals surface area contributed by atoms with Gasteiger partial charge in [-0.15, -0.1) is 0 Å². The molecular formula is C25H22FN7O2.